The molecule has 1 aromatic carbocycles. The lowest BCUT2D eigenvalue weighted by Crippen LogP contribution is -2.31. The molecule has 0 bridgehead atoms. The first-order valence-electron chi connectivity index (χ1n) is 8.66. The molecule has 1 atom stereocenters. The van der Waals surface area contributed by atoms with Crippen LogP contribution in [0.2, 0.25) is 0 Å². The molecule has 0 spiro atoms. The van der Waals surface area contributed by atoms with Crippen LogP contribution in [0.25, 0.3) is 10.8 Å². The van der Waals surface area contributed by atoms with Gasteiger partial charge in [0.05, 0.1) is 12.8 Å². The Balaban J connectivity index is 1.34. The van der Waals surface area contributed by atoms with E-state index in [2.05, 4.69) is 15.2 Å². The van der Waals surface area contributed by atoms with Crippen molar-refractivity contribution in [3.05, 3.63) is 66.4 Å². The number of rotatable bonds is 5. The molecule has 5 nitrogen and oxygen atoms in total. The largest absolute Gasteiger partial charge is 0.468 e. The summed E-state index contributed by atoms with van der Waals surface area (Å²) in [5.74, 6) is 1.36. The number of furan rings is 1. The highest BCUT2D eigenvalue weighted by molar-refractivity contribution is 6.05. The number of pyridine rings is 1. The standard InChI is InChI=1S/C20H21N3O2/c24-20(19-18-6-2-1-4-16(18)7-9-21-19)22-12-15-8-10-23(13-15)14-17-5-3-11-25-17/h1-7,9,11,15H,8,10,12-14H2,(H,22,24). The minimum Gasteiger partial charge on any atom is -0.468 e. The number of carbonyl (C=O) groups excluding carboxylic acids is 1. The second-order valence-corrected chi connectivity index (χ2v) is 6.56. The van der Waals surface area contributed by atoms with Gasteiger partial charge in [0, 0.05) is 24.7 Å². The highest BCUT2D eigenvalue weighted by Crippen LogP contribution is 2.19. The van der Waals surface area contributed by atoms with Crippen LogP contribution in [-0.4, -0.2) is 35.4 Å². The van der Waals surface area contributed by atoms with E-state index in [0.29, 0.717) is 18.2 Å². The zero-order valence-corrected chi connectivity index (χ0v) is 14.0. The fourth-order valence-corrected chi connectivity index (χ4v) is 3.47. The number of likely N-dealkylation sites (tertiary alicyclic amines) is 1. The number of carbonyl (C=O) groups is 1. The summed E-state index contributed by atoms with van der Waals surface area (Å²) in [6, 6.07) is 13.7. The van der Waals surface area contributed by atoms with Crippen molar-refractivity contribution >= 4 is 16.7 Å². The van der Waals surface area contributed by atoms with Crippen LogP contribution in [0.5, 0.6) is 0 Å². The summed E-state index contributed by atoms with van der Waals surface area (Å²) in [7, 11) is 0. The van der Waals surface area contributed by atoms with Crippen molar-refractivity contribution in [1.82, 2.24) is 15.2 Å². The topological polar surface area (TPSA) is 58.4 Å². The molecule has 4 rings (SSSR count). The summed E-state index contributed by atoms with van der Waals surface area (Å²) in [6.07, 6.45) is 4.49. The summed E-state index contributed by atoms with van der Waals surface area (Å²) < 4.78 is 5.41. The molecule has 1 unspecified atom stereocenters. The van der Waals surface area contributed by atoms with Crippen molar-refractivity contribution < 1.29 is 9.21 Å². The van der Waals surface area contributed by atoms with E-state index < -0.39 is 0 Å². The van der Waals surface area contributed by atoms with Crippen molar-refractivity contribution in [1.29, 1.82) is 0 Å². The quantitative estimate of drug-likeness (QED) is 0.778. The second kappa shape index (κ2) is 7.07. The molecule has 128 valence electrons. The molecule has 1 saturated heterocycles. The number of hydrogen-bond donors (Lipinski definition) is 1. The van der Waals surface area contributed by atoms with Gasteiger partial charge in [-0.2, -0.15) is 0 Å². The van der Waals surface area contributed by atoms with Crippen molar-refractivity contribution in [2.45, 2.75) is 13.0 Å². The van der Waals surface area contributed by atoms with Gasteiger partial charge in [0.1, 0.15) is 11.5 Å². The van der Waals surface area contributed by atoms with E-state index in [0.717, 1.165) is 42.6 Å². The Labute approximate surface area is 146 Å². The van der Waals surface area contributed by atoms with Crippen LogP contribution in [0.3, 0.4) is 0 Å². The smallest absolute Gasteiger partial charge is 0.270 e. The molecule has 0 aliphatic carbocycles. The molecule has 25 heavy (non-hydrogen) atoms. The molecule has 1 aliphatic rings. The predicted octanol–water partition coefficient (Wildman–Crippen LogP) is 3.08. The third-order valence-electron chi connectivity index (χ3n) is 4.77. The van der Waals surface area contributed by atoms with Gasteiger partial charge >= 0.3 is 0 Å². The van der Waals surface area contributed by atoms with Crippen LogP contribution >= 0.6 is 0 Å². The highest BCUT2D eigenvalue weighted by atomic mass is 16.3. The zero-order valence-electron chi connectivity index (χ0n) is 14.0. The lowest BCUT2D eigenvalue weighted by molar-refractivity contribution is 0.0944. The Morgan fingerprint density at radius 3 is 3.04 bits per heavy atom. The number of fused-ring (bicyclic) bond motifs is 1. The fourth-order valence-electron chi connectivity index (χ4n) is 3.47. The van der Waals surface area contributed by atoms with E-state index >= 15 is 0 Å². The summed E-state index contributed by atoms with van der Waals surface area (Å²) in [5, 5.41) is 4.99. The maximum absolute atomic E-state index is 12.6. The number of benzene rings is 1. The zero-order chi connectivity index (χ0) is 17.1. The third-order valence-corrected chi connectivity index (χ3v) is 4.77. The van der Waals surface area contributed by atoms with Crippen LogP contribution in [-0.2, 0) is 6.54 Å². The normalized spacial score (nSPS) is 17.8. The molecule has 1 fully saturated rings. The summed E-state index contributed by atoms with van der Waals surface area (Å²) in [4.78, 5) is 19.2. The lowest BCUT2D eigenvalue weighted by Gasteiger charge is -2.15. The number of amides is 1. The molecule has 1 amide bonds. The number of hydrogen-bond acceptors (Lipinski definition) is 4. The molecular weight excluding hydrogens is 314 g/mol. The Bertz CT molecular complexity index is 855. The Morgan fingerprint density at radius 1 is 1.24 bits per heavy atom. The summed E-state index contributed by atoms with van der Waals surface area (Å²) in [5.41, 5.74) is 0.503. The van der Waals surface area contributed by atoms with Crippen molar-refractivity contribution in [2.75, 3.05) is 19.6 Å². The lowest BCUT2D eigenvalue weighted by atomic mass is 10.1. The average Bonchev–Trinajstić information content (AvgIpc) is 3.31. The predicted molar refractivity (Wildman–Crippen MR) is 96.2 cm³/mol. The maximum atomic E-state index is 12.6. The van der Waals surface area contributed by atoms with Crippen LogP contribution < -0.4 is 5.32 Å². The van der Waals surface area contributed by atoms with Crippen molar-refractivity contribution in [3.8, 4) is 0 Å². The first-order valence-corrected chi connectivity index (χ1v) is 8.66. The van der Waals surface area contributed by atoms with Gasteiger partial charge < -0.3 is 9.73 Å². The maximum Gasteiger partial charge on any atom is 0.270 e. The molecule has 3 heterocycles. The highest BCUT2D eigenvalue weighted by Gasteiger charge is 2.24. The Hall–Kier alpha value is -2.66. The van der Waals surface area contributed by atoms with Crippen molar-refractivity contribution in [3.63, 3.8) is 0 Å². The number of nitrogens with zero attached hydrogens (tertiary/aromatic N) is 2. The molecule has 5 heteroatoms. The van der Waals surface area contributed by atoms with Gasteiger partial charge in [-0.25, -0.2) is 0 Å². The minimum atomic E-state index is -0.0960. The molecule has 3 aromatic rings. The molecular formula is C20H21N3O2. The fraction of sp³-hybridized carbons (Fsp3) is 0.300. The van der Waals surface area contributed by atoms with E-state index in [1.54, 1.807) is 12.5 Å². The number of aromatic nitrogens is 1. The first kappa shape index (κ1) is 15.8. The van der Waals surface area contributed by atoms with E-state index in [9.17, 15) is 4.79 Å². The second-order valence-electron chi connectivity index (χ2n) is 6.56. The summed E-state index contributed by atoms with van der Waals surface area (Å²) >= 11 is 0. The van der Waals surface area contributed by atoms with Crippen LogP contribution in [0.4, 0.5) is 0 Å². The van der Waals surface area contributed by atoms with E-state index in [-0.39, 0.29) is 5.91 Å². The van der Waals surface area contributed by atoms with Crippen molar-refractivity contribution in [2.24, 2.45) is 5.92 Å². The van der Waals surface area contributed by atoms with E-state index in [1.807, 2.05) is 42.5 Å². The van der Waals surface area contributed by atoms with Crippen LogP contribution in [0.15, 0.2) is 59.3 Å². The number of nitrogens with one attached hydrogen (secondary N) is 1. The Morgan fingerprint density at radius 2 is 2.16 bits per heavy atom. The van der Waals surface area contributed by atoms with E-state index in [1.165, 1.54) is 0 Å². The molecule has 0 saturated carbocycles. The molecule has 0 radical (unpaired) electrons. The van der Waals surface area contributed by atoms with Crippen LogP contribution in [0, 0.1) is 5.92 Å². The van der Waals surface area contributed by atoms with Gasteiger partial charge in [-0.05, 0) is 42.5 Å². The van der Waals surface area contributed by atoms with Crippen LogP contribution in [0.1, 0.15) is 22.7 Å². The minimum absolute atomic E-state index is 0.0960. The molecule has 2 aromatic heterocycles. The van der Waals surface area contributed by atoms with Gasteiger partial charge in [-0.3, -0.25) is 14.7 Å². The SMILES string of the molecule is O=C(NCC1CCN(Cc2ccco2)C1)c1nccc2ccccc12. The van der Waals surface area contributed by atoms with Gasteiger partial charge in [-0.1, -0.05) is 24.3 Å². The average molecular weight is 335 g/mol. The summed E-state index contributed by atoms with van der Waals surface area (Å²) in [6.45, 7) is 3.53. The first-order chi connectivity index (χ1) is 12.3. The van der Waals surface area contributed by atoms with Gasteiger partial charge in [0.25, 0.3) is 5.91 Å². The molecule has 1 aliphatic heterocycles. The monoisotopic (exact) mass is 335 g/mol. The molecule has 1 N–H and O–H groups in total. The van der Waals surface area contributed by atoms with Gasteiger partial charge in [-0.15, -0.1) is 0 Å². The third kappa shape index (κ3) is 3.56. The van der Waals surface area contributed by atoms with Gasteiger partial charge in [0.2, 0.25) is 0 Å². The Kier molecular flexibility index (Phi) is 4.48. The van der Waals surface area contributed by atoms with E-state index in [4.69, 9.17) is 4.42 Å². The van der Waals surface area contributed by atoms with Gasteiger partial charge in [0.15, 0.2) is 0 Å².